The zero-order valence-corrected chi connectivity index (χ0v) is 17.2. The molecular formula is C21H16N2O4S2. The molecule has 0 bridgehead atoms. The molecule has 0 unspecified atom stereocenters. The van der Waals surface area contributed by atoms with E-state index in [-0.39, 0.29) is 11.3 Å². The maximum Gasteiger partial charge on any atom is 0.351 e. The summed E-state index contributed by atoms with van der Waals surface area (Å²) < 4.78 is 6.80. The zero-order chi connectivity index (χ0) is 20.5. The van der Waals surface area contributed by atoms with Crippen LogP contribution in [0, 0.1) is 13.8 Å². The lowest BCUT2D eigenvalue weighted by atomic mass is 10.1. The van der Waals surface area contributed by atoms with E-state index in [0.717, 1.165) is 20.6 Å². The zero-order valence-electron chi connectivity index (χ0n) is 15.6. The van der Waals surface area contributed by atoms with Crippen molar-refractivity contribution in [2.75, 3.05) is 0 Å². The summed E-state index contributed by atoms with van der Waals surface area (Å²) in [6.45, 7) is 3.55. The molecule has 8 heteroatoms. The van der Waals surface area contributed by atoms with Crippen LogP contribution in [0.15, 0.2) is 67.1 Å². The van der Waals surface area contributed by atoms with Crippen LogP contribution in [0.25, 0.3) is 11.0 Å². The molecule has 0 radical (unpaired) electrons. The minimum atomic E-state index is -0.861. The number of ketones is 1. The minimum absolute atomic E-state index is 0.237. The van der Waals surface area contributed by atoms with Gasteiger partial charge in [-0.2, -0.15) is 0 Å². The highest BCUT2D eigenvalue weighted by molar-refractivity contribution is 7.99. The summed E-state index contributed by atoms with van der Waals surface area (Å²) in [5.41, 5.74) is 0.643. The lowest BCUT2D eigenvalue weighted by molar-refractivity contribution is 0.104. The normalized spacial score (nSPS) is 11.5. The van der Waals surface area contributed by atoms with Crippen molar-refractivity contribution in [3.63, 3.8) is 0 Å². The average molecular weight is 425 g/mol. The number of rotatable bonds is 5. The number of benzene rings is 1. The van der Waals surface area contributed by atoms with E-state index < -0.39 is 17.2 Å². The second kappa shape index (κ2) is 7.73. The van der Waals surface area contributed by atoms with Crippen molar-refractivity contribution in [1.82, 2.24) is 9.38 Å². The number of carbonyl (C=O) groups is 1. The number of aromatic hydroxyl groups is 1. The van der Waals surface area contributed by atoms with Crippen molar-refractivity contribution in [3.05, 3.63) is 81.0 Å². The van der Waals surface area contributed by atoms with Gasteiger partial charge in [0, 0.05) is 22.5 Å². The Bertz CT molecular complexity index is 1300. The molecule has 4 aromatic rings. The summed E-state index contributed by atoms with van der Waals surface area (Å²) in [7, 11) is 0. The average Bonchev–Trinajstić information content (AvgIpc) is 3.22. The molecule has 0 aliphatic carbocycles. The smallest absolute Gasteiger partial charge is 0.351 e. The van der Waals surface area contributed by atoms with Crippen LogP contribution < -0.4 is 5.63 Å². The molecule has 146 valence electrons. The number of fused-ring (bicyclic) bond motifs is 1. The minimum Gasteiger partial charge on any atom is -0.507 e. The van der Waals surface area contributed by atoms with Gasteiger partial charge in [0.2, 0.25) is 0 Å². The predicted octanol–water partition coefficient (Wildman–Crippen LogP) is 4.72. The number of hydrogen-bond acceptors (Lipinski definition) is 7. The summed E-state index contributed by atoms with van der Waals surface area (Å²) in [5.74, 6) is -0.787. The number of hydrogen-bond donors (Lipinski definition) is 1. The van der Waals surface area contributed by atoms with Crippen LogP contribution in [0.5, 0.6) is 5.75 Å². The Hall–Kier alpha value is -3.10. The summed E-state index contributed by atoms with van der Waals surface area (Å²) in [6.07, 6.45) is 4.72. The van der Waals surface area contributed by atoms with Crippen LogP contribution >= 0.6 is 23.1 Å². The Morgan fingerprint density at radius 2 is 2.03 bits per heavy atom. The van der Waals surface area contributed by atoms with E-state index in [2.05, 4.69) is 4.98 Å². The van der Waals surface area contributed by atoms with Crippen molar-refractivity contribution in [2.45, 2.75) is 23.8 Å². The molecule has 0 saturated carbocycles. The fourth-order valence-corrected chi connectivity index (χ4v) is 4.47. The third-order valence-electron chi connectivity index (χ3n) is 4.19. The number of carbonyl (C=O) groups excluding carboxylic acids is 1. The maximum absolute atomic E-state index is 12.5. The molecule has 0 aliphatic rings. The molecule has 4 rings (SSSR count). The van der Waals surface area contributed by atoms with E-state index >= 15 is 0 Å². The van der Waals surface area contributed by atoms with Gasteiger partial charge in [0.25, 0.3) is 0 Å². The van der Waals surface area contributed by atoms with E-state index in [9.17, 15) is 14.7 Å². The molecule has 0 atom stereocenters. The molecule has 29 heavy (non-hydrogen) atoms. The van der Waals surface area contributed by atoms with Gasteiger partial charge in [-0.05, 0) is 38.1 Å². The van der Waals surface area contributed by atoms with Gasteiger partial charge in [-0.3, -0.25) is 9.20 Å². The molecule has 0 aliphatic heterocycles. The fraction of sp³-hybridized carbons (Fsp3) is 0.0952. The molecule has 0 spiro atoms. The van der Waals surface area contributed by atoms with Gasteiger partial charge in [-0.25, -0.2) is 9.78 Å². The molecule has 1 aromatic carbocycles. The molecule has 6 nitrogen and oxygen atoms in total. The van der Waals surface area contributed by atoms with Crippen LogP contribution in [0.3, 0.4) is 0 Å². The summed E-state index contributed by atoms with van der Waals surface area (Å²) in [6, 6.07) is 9.33. The van der Waals surface area contributed by atoms with Crippen LogP contribution in [0.2, 0.25) is 0 Å². The van der Waals surface area contributed by atoms with Crippen molar-refractivity contribution < 1.29 is 14.3 Å². The topological polar surface area (TPSA) is 84.8 Å². The van der Waals surface area contributed by atoms with Gasteiger partial charge in [-0.1, -0.05) is 29.5 Å². The first-order chi connectivity index (χ1) is 13.9. The predicted molar refractivity (Wildman–Crippen MR) is 113 cm³/mol. The van der Waals surface area contributed by atoms with E-state index in [0.29, 0.717) is 0 Å². The highest BCUT2D eigenvalue weighted by atomic mass is 32.2. The molecule has 3 aromatic heterocycles. The Balaban J connectivity index is 1.70. The van der Waals surface area contributed by atoms with Crippen molar-refractivity contribution in [3.8, 4) is 5.75 Å². The quantitative estimate of drug-likeness (QED) is 0.369. The third-order valence-corrected chi connectivity index (χ3v) is 5.95. The second-order valence-electron chi connectivity index (χ2n) is 6.38. The summed E-state index contributed by atoms with van der Waals surface area (Å²) in [4.78, 5) is 31.0. The van der Waals surface area contributed by atoms with E-state index in [1.54, 1.807) is 6.08 Å². The Morgan fingerprint density at radius 3 is 2.76 bits per heavy atom. The molecule has 0 amide bonds. The second-order valence-corrected chi connectivity index (χ2v) is 8.31. The van der Waals surface area contributed by atoms with E-state index in [1.165, 1.54) is 47.7 Å². The molecule has 1 N–H and O–H groups in total. The number of aromatic nitrogens is 2. The first kappa shape index (κ1) is 19.2. The Morgan fingerprint density at radius 1 is 1.28 bits per heavy atom. The molecule has 0 saturated heterocycles. The standard InChI is InChI=1S/C21H16N2O4S2/c1-12-3-5-14(6-4-12)29-19-15(23-9-10-28-21(23)22-19)7-8-16(24)18-17(25)11-13(2)27-20(18)26/h3-11,25H,1-2H3/b8-7+. The SMILES string of the molecule is Cc1ccc(Sc2nc3sccn3c2/C=C/C(=O)c2c(O)cc(C)oc2=O)cc1. The van der Waals surface area contributed by atoms with Crippen LogP contribution in [-0.4, -0.2) is 20.3 Å². The monoisotopic (exact) mass is 424 g/mol. The van der Waals surface area contributed by atoms with E-state index in [1.807, 2.05) is 47.2 Å². The van der Waals surface area contributed by atoms with Gasteiger partial charge in [0.05, 0.1) is 5.69 Å². The number of allylic oxidation sites excluding steroid dienone is 1. The van der Waals surface area contributed by atoms with Crippen molar-refractivity contribution >= 4 is 39.9 Å². The third kappa shape index (κ3) is 3.90. The highest BCUT2D eigenvalue weighted by Gasteiger charge is 2.17. The van der Waals surface area contributed by atoms with E-state index in [4.69, 9.17) is 4.42 Å². The van der Waals surface area contributed by atoms with Crippen LogP contribution in [-0.2, 0) is 0 Å². The first-order valence-electron chi connectivity index (χ1n) is 8.68. The number of nitrogens with zero attached hydrogens (tertiary/aromatic N) is 2. The molecule has 0 fully saturated rings. The maximum atomic E-state index is 12.5. The largest absolute Gasteiger partial charge is 0.507 e. The lowest BCUT2D eigenvalue weighted by Crippen LogP contribution is -2.13. The summed E-state index contributed by atoms with van der Waals surface area (Å²) in [5, 5.41) is 12.6. The van der Waals surface area contributed by atoms with Gasteiger partial charge in [0.1, 0.15) is 22.1 Å². The summed E-state index contributed by atoms with van der Waals surface area (Å²) >= 11 is 2.98. The number of aryl methyl sites for hydroxylation is 2. The number of thiazole rings is 1. The molecule has 3 heterocycles. The Labute approximate surface area is 174 Å². The molecular weight excluding hydrogens is 408 g/mol. The van der Waals surface area contributed by atoms with Gasteiger partial charge >= 0.3 is 5.63 Å². The van der Waals surface area contributed by atoms with Crippen molar-refractivity contribution in [1.29, 1.82) is 0 Å². The Kier molecular flexibility index (Phi) is 5.12. The lowest BCUT2D eigenvalue weighted by Gasteiger charge is -2.02. The first-order valence-corrected chi connectivity index (χ1v) is 10.4. The van der Waals surface area contributed by atoms with Gasteiger partial charge < -0.3 is 9.52 Å². The van der Waals surface area contributed by atoms with Crippen molar-refractivity contribution in [2.24, 2.45) is 0 Å². The van der Waals surface area contributed by atoms with Gasteiger partial charge in [0.15, 0.2) is 10.7 Å². The van der Waals surface area contributed by atoms with Crippen LogP contribution in [0.4, 0.5) is 0 Å². The number of imidazole rings is 1. The van der Waals surface area contributed by atoms with Gasteiger partial charge in [-0.15, -0.1) is 11.3 Å². The highest BCUT2D eigenvalue weighted by Crippen LogP contribution is 2.32. The van der Waals surface area contributed by atoms with Crippen LogP contribution in [0.1, 0.15) is 27.4 Å². The fourth-order valence-electron chi connectivity index (χ4n) is 2.79.